The molecule has 0 atom stereocenters. The Labute approximate surface area is 107 Å². The summed E-state index contributed by atoms with van der Waals surface area (Å²) in [6.45, 7) is 2.02. The maximum absolute atomic E-state index is 11.4. The number of aliphatic carboxylic acids is 1. The van der Waals surface area contributed by atoms with Gasteiger partial charge in [-0.3, -0.25) is 14.5 Å². The molecule has 0 bridgehead atoms. The fourth-order valence-electron chi connectivity index (χ4n) is 2.16. The Kier molecular flexibility index (Phi) is 6.15. The van der Waals surface area contributed by atoms with E-state index in [-0.39, 0.29) is 18.9 Å². The predicted octanol–water partition coefficient (Wildman–Crippen LogP) is 0.203. The smallest absolute Gasteiger partial charge is 0.303 e. The van der Waals surface area contributed by atoms with Crippen LogP contribution in [0, 0.1) is 17.2 Å². The van der Waals surface area contributed by atoms with Crippen LogP contribution in [0.1, 0.15) is 25.7 Å². The normalized spacial score (nSPS) is 17.1. The van der Waals surface area contributed by atoms with E-state index < -0.39 is 5.97 Å². The quantitative estimate of drug-likeness (QED) is 0.660. The van der Waals surface area contributed by atoms with Crippen molar-refractivity contribution in [3.8, 4) is 6.07 Å². The molecule has 1 rings (SSSR count). The summed E-state index contributed by atoms with van der Waals surface area (Å²) in [6.07, 6.45) is 2.84. The summed E-state index contributed by atoms with van der Waals surface area (Å²) in [5.41, 5.74) is 0. The van der Waals surface area contributed by atoms with Gasteiger partial charge in [0.25, 0.3) is 0 Å². The summed E-state index contributed by atoms with van der Waals surface area (Å²) in [5.74, 6) is -0.409. The van der Waals surface area contributed by atoms with Gasteiger partial charge < -0.3 is 10.4 Å². The zero-order valence-corrected chi connectivity index (χ0v) is 10.4. The third-order valence-electron chi connectivity index (χ3n) is 3.21. The maximum atomic E-state index is 11.4. The number of hydrogen-bond donors (Lipinski definition) is 2. The molecule has 18 heavy (non-hydrogen) atoms. The Bertz CT molecular complexity index is 330. The average molecular weight is 253 g/mol. The van der Waals surface area contributed by atoms with Gasteiger partial charge in [-0.1, -0.05) is 0 Å². The number of hydrogen-bond acceptors (Lipinski definition) is 4. The number of nitrogens with one attached hydrogen (secondary N) is 1. The summed E-state index contributed by atoms with van der Waals surface area (Å²) < 4.78 is 0. The van der Waals surface area contributed by atoms with Crippen LogP contribution in [0.4, 0.5) is 0 Å². The lowest BCUT2D eigenvalue weighted by molar-refractivity contribution is -0.137. The van der Waals surface area contributed by atoms with Crippen LogP contribution in [0.5, 0.6) is 0 Å². The van der Waals surface area contributed by atoms with Crippen molar-refractivity contribution >= 4 is 11.9 Å². The van der Waals surface area contributed by atoms with Gasteiger partial charge in [0.05, 0.1) is 12.6 Å². The fourth-order valence-corrected chi connectivity index (χ4v) is 2.16. The van der Waals surface area contributed by atoms with E-state index in [1.54, 1.807) is 0 Å². The van der Waals surface area contributed by atoms with Crippen molar-refractivity contribution in [2.24, 2.45) is 5.92 Å². The topological polar surface area (TPSA) is 93.4 Å². The highest BCUT2D eigenvalue weighted by Gasteiger charge is 2.21. The molecule has 1 aliphatic rings. The minimum absolute atomic E-state index is 0.0495. The first-order chi connectivity index (χ1) is 8.61. The van der Waals surface area contributed by atoms with Gasteiger partial charge >= 0.3 is 5.97 Å². The molecule has 1 heterocycles. The third kappa shape index (κ3) is 5.64. The second kappa shape index (κ2) is 7.67. The molecule has 0 aromatic carbocycles. The third-order valence-corrected chi connectivity index (χ3v) is 3.21. The van der Waals surface area contributed by atoms with Gasteiger partial charge in [0.1, 0.15) is 6.54 Å². The van der Waals surface area contributed by atoms with Crippen molar-refractivity contribution in [3.05, 3.63) is 0 Å². The van der Waals surface area contributed by atoms with Gasteiger partial charge in [-0.2, -0.15) is 5.26 Å². The molecule has 1 fully saturated rings. The molecular formula is C12H19N3O3. The van der Waals surface area contributed by atoms with Crippen LogP contribution >= 0.6 is 0 Å². The molecule has 0 spiro atoms. The average Bonchev–Trinajstić information content (AvgIpc) is 2.35. The standard InChI is InChI=1S/C12H19N3O3/c13-5-6-14-11(16)9-15-7-3-10(4-8-15)1-2-12(17)18/h10H,1-4,6-9H2,(H,14,16)(H,17,18). The van der Waals surface area contributed by atoms with E-state index in [1.807, 2.05) is 11.0 Å². The number of carbonyl (C=O) groups is 2. The molecule has 100 valence electrons. The Morgan fingerprint density at radius 1 is 1.39 bits per heavy atom. The van der Waals surface area contributed by atoms with E-state index in [2.05, 4.69) is 5.32 Å². The Morgan fingerprint density at radius 3 is 2.61 bits per heavy atom. The van der Waals surface area contributed by atoms with Crippen LogP contribution in [-0.2, 0) is 9.59 Å². The SMILES string of the molecule is N#CCNC(=O)CN1CCC(CCC(=O)O)CC1. The van der Waals surface area contributed by atoms with Gasteiger partial charge in [-0.05, 0) is 38.3 Å². The number of carboxylic acids is 1. The van der Waals surface area contributed by atoms with Crippen LogP contribution in [0.15, 0.2) is 0 Å². The number of likely N-dealkylation sites (tertiary alicyclic amines) is 1. The van der Waals surface area contributed by atoms with Gasteiger partial charge in [-0.25, -0.2) is 0 Å². The predicted molar refractivity (Wildman–Crippen MR) is 64.7 cm³/mol. The zero-order chi connectivity index (χ0) is 13.4. The second-order valence-corrected chi connectivity index (χ2v) is 4.59. The number of rotatable bonds is 6. The summed E-state index contributed by atoms with van der Waals surface area (Å²) >= 11 is 0. The van der Waals surface area contributed by atoms with Gasteiger partial charge in [0.15, 0.2) is 0 Å². The molecule has 1 aliphatic heterocycles. The van der Waals surface area contributed by atoms with E-state index in [1.165, 1.54) is 0 Å². The number of nitriles is 1. The molecule has 0 radical (unpaired) electrons. The van der Waals surface area contributed by atoms with Crippen molar-refractivity contribution in [1.82, 2.24) is 10.2 Å². The highest BCUT2D eigenvalue weighted by atomic mass is 16.4. The minimum atomic E-state index is -0.742. The first-order valence-electron chi connectivity index (χ1n) is 6.19. The van der Waals surface area contributed by atoms with Crippen LogP contribution in [0.3, 0.4) is 0 Å². The lowest BCUT2D eigenvalue weighted by Crippen LogP contribution is -2.41. The minimum Gasteiger partial charge on any atom is -0.481 e. The molecule has 0 saturated carbocycles. The monoisotopic (exact) mass is 253 g/mol. The van der Waals surface area contributed by atoms with Gasteiger partial charge in [0, 0.05) is 6.42 Å². The van der Waals surface area contributed by atoms with E-state index >= 15 is 0 Å². The van der Waals surface area contributed by atoms with Crippen molar-refractivity contribution in [3.63, 3.8) is 0 Å². The van der Waals surface area contributed by atoms with E-state index in [4.69, 9.17) is 10.4 Å². The molecule has 0 aromatic rings. The van der Waals surface area contributed by atoms with Crippen LogP contribution in [0.2, 0.25) is 0 Å². The summed E-state index contributed by atoms with van der Waals surface area (Å²) in [4.78, 5) is 23.9. The van der Waals surface area contributed by atoms with E-state index in [0.717, 1.165) is 32.4 Å². The number of carboxylic acid groups (broad SMARTS) is 1. The lowest BCUT2D eigenvalue weighted by Gasteiger charge is -2.31. The van der Waals surface area contributed by atoms with Crippen LogP contribution in [0.25, 0.3) is 0 Å². The number of piperidine rings is 1. The van der Waals surface area contributed by atoms with Gasteiger partial charge in [0.2, 0.25) is 5.91 Å². The second-order valence-electron chi connectivity index (χ2n) is 4.59. The first-order valence-corrected chi connectivity index (χ1v) is 6.19. The lowest BCUT2D eigenvalue weighted by atomic mass is 9.92. The maximum Gasteiger partial charge on any atom is 0.303 e. The summed E-state index contributed by atoms with van der Waals surface area (Å²) in [6, 6.07) is 1.86. The van der Waals surface area contributed by atoms with Crippen molar-refractivity contribution in [2.45, 2.75) is 25.7 Å². The molecule has 2 N–H and O–H groups in total. The molecule has 0 unspecified atom stereocenters. The van der Waals surface area contributed by atoms with Crippen molar-refractivity contribution in [1.29, 1.82) is 5.26 Å². The Hall–Kier alpha value is -1.61. The highest BCUT2D eigenvalue weighted by Crippen LogP contribution is 2.21. The van der Waals surface area contributed by atoms with Crippen molar-refractivity contribution < 1.29 is 14.7 Å². The van der Waals surface area contributed by atoms with E-state index in [0.29, 0.717) is 12.5 Å². The number of carbonyl (C=O) groups excluding carboxylic acids is 1. The largest absolute Gasteiger partial charge is 0.481 e. The summed E-state index contributed by atoms with van der Waals surface area (Å²) in [7, 11) is 0. The molecule has 1 saturated heterocycles. The number of amides is 1. The fraction of sp³-hybridized carbons (Fsp3) is 0.750. The molecule has 0 aromatic heterocycles. The Morgan fingerprint density at radius 2 is 2.06 bits per heavy atom. The zero-order valence-electron chi connectivity index (χ0n) is 10.4. The number of nitrogens with zero attached hydrogens (tertiary/aromatic N) is 2. The molecule has 6 heteroatoms. The summed E-state index contributed by atoms with van der Waals surface area (Å²) in [5, 5.41) is 19.5. The van der Waals surface area contributed by atoms with Gasteiger partial charge in [-0.15, -0.1) is 0 Å². The molecule has 6 nitrogen and oxygen atoms in total. The first kappa shape index (κ1) is 14.5. The van der Waals surface area contributed by atoms with Crippen LogP contribution < -0.4 is 5.32 Å². The van der Waals surface area contributed by atoms with Crippen LogP contribution in [-0.4, -0.2) is 48.1 Å². The molecule has 1 amide bonds. The van der Waals surface area contributed by atoms with E-state index in [9.17, 15) is 9.59 Å². The molecule has 0 aliphatic carbocycles. The Balaban J connectivity index is 2.17. The molecular weight excluding hydrogens is 234 g/mol. The highest BCUT2D eigenvalue weighted by molar-refractivity contribution is 5.78. The van der Waals surface area contributed by atoms with Crippen molar-refractivity contribution in [2.75, 3.05) is 26.2 Å².